The second kappa shape index (κ2) is 23.8. The maximum Gasteiger partial charge on any atom is 0.231 e. The van der Waals surface area contributed by atoms with Gasteiger partial charge in [-0.05, 0) is 106 Å². The average Bonchev–Trinajstić information content (AvgIpc) is 1.75. The van der Waals surface area contributed by atoms with Crippen LogP contribution in [0.1, 0.15) is 29.5 Å². The van der Waals surface area contributed by atoms with Crippen molar-refractivity contribution in [3.8, 4) is 103 Å². The largest absolute Gasteiger partial charge is 0.550 e. The first-order chi connectivity index (χ1) is 42.6. The van der Waals surface area contributed by atoms with Crippen LogP contribution in [0, 0.1) is 0 Å². The first-order valence-electron chi connectivity index (χ1n) is 28.0. The van der Waals surface area contributed by atoms with E-state index in [4.69, 9.17) is 61.9 Å². The summed E-state index contributed by atoms with van der Waals surface area (Å²) < 4.78 is 73.2. The molecular weight excluding hydrogens is 1140 g/mol. The number of pyridine rings is 3. The molecule has 0 saturated carbocycles. The Morgan fingerprint density at radius 3 is 0.966 bits per heavy atom. The summed E-state index contributed by atoms with van der Waals surface area (Å²) in [5.74, 6) is 3.56. The third-order valence-corrected chi connectivity index (χ3v) is 16.3. The number of aromatic nitrogens is 3. The third kappa shape index (κ3) is 10.7. The standard InChI is InChI=1S/3C20H18NO4.C6H8O7/c3*1-22-17-4-3-12-7-16-14-9-19-18(24-11-25-19)8-13(14)5-6-21(16)10-15(12)20(17)23-2;7-3(8)1-6(13,5(11)12)2-4(9)10/h3*3-4,7-10H,5-6,11H2,1-2H3;13H,1-2H2,(H,7,8)(H,9,10)(H,11,12)/q3*+1;/p-3. The number of aryl methyl sites for hydroxylation is 6. The SMILES string of the molecule is COc1ccc2cc3[n+](cc2c1OC)CCc1cc2c(cc1-3)OCO2.COc1ccc2cc3[n+](cc2c1OC)CCc1cc2c(cc1-3)OCO2.COc1ccc2cc3[n+](cc2c1OC)CCc1cc2c(cc1-3)OCO2.O=C([O-])CC(O)(CC(=O)[O-])C(=O)[O-]. The number of aliphatic carboxylic acids is 3. The van der Waals surface area contributed by atoms with Crippen LogP contribution in [0.25, 0.3) is 66.1 Å². The third-order valence-electron chi connectivity index (χ3n) is 16.3. The van der Waals surface area contributed by atoms with Gasteiger partial charge in [-0.3, -0.25) is 0 Å². The number of methoxy groups -OCH3 is 6. The molecule has 1 N–H and O–H groups in total. The molecule has 6 aromatic carbocycles. The van der Waals surface area contributed by atoms with E-state index in [1.807, 2.05) is 18.2 Å². The molecule has 9 heterocycles. The fourth-order valence-corrected chi connectivity index (χ4v) is 12.0. The predicted molar refractivity (Wildman–Crippen MR) is 307 cm³/mol. The van der Waals surface area contributed by atoms with Crippen LogP contribution in [0.5, 0.6) is 69.0 Å². The summed E-state index contributed by atoms with van der Waals surface area (Å²) in [6, 6.07) is 31.3. The molecule has 0 bridgehead atoms. The summed E-state index contributed by atoms with van der Waals surface area (Å²) >= 11 is 0. The minimum absolute atomic E-state index is 0.299. The number of nitrogens with zero attached hydrogens (tertiary/aromatic N) is 3. The molecule has 0 atom stereocenters. The number of aliphatic hydroxyl groups is 1. The zero-order valence-corrected chi connectivity index (χ0v) is 48.8. The Kier molecular flexibility index (Phi) is 15.6. The molecule has 22 nitrogen and oxygen atoms in total. The van der Waals surface area contributed by atoms with Crippen LogP contribution in [-0.4, -0.2) is 91.7 Å². The molecule has 0 unspecified atom stereocenters. The average molecular weight is 1200 g/mol. The number of benzene rings is 6. The summed E-state index contributed by atoms with van der Waals surface area (Å²) in [6.07, 6.45) is 6.62. The van der Waals surface area contributed by atoms with Gasteiger partial charge in [0, 0.05) is 62.2 Å². The lowest BCUT2D eigenvalue weighted by atomic mass is 9.95. The Bertz CT molecular complexity index is 3910. The van der Waals surface area contributed by atoms with Gasteiger partial charge in [0.15, 0.2) is 107 Å². The smallest absolute Gasteiger partial charge is 0.231 e. The van der Waals surface area contributed by atoms with Gasteiger partial charge < -0.3 is 91.7 Å². The van der Waals surface area contributed by atoms with E-state index in [1.165, 1.54) is 50.5 Å². The van der Waals surface area contributed by atoms with Gasteiger partial charge >= 0.3 is 0 Å². The van der Waals surface area contributed by atoms with Crippen molar-refractivity contribution in [1.29, 1.82) is 0 Å². The van der Waals surface area contributed by atoms with Crippen LogP contribution < -0.4 is 85.9 Å². The topological polar surface area (TPSA) is 263 Å². The summed E-state index contributed by atoms with van der Waals surface area (Å²) in [7, 11) is 10.0. The first-order valence-corrected chi connectivity index (χ1v) is 28.0. The fraction of sp³-hybridized carbons (Fsp3) is 0.273. The van der Waals surface area contributed by atoms with E-state index in [2.05, 4.69) is 105 Å². The van der Waals surface area contributed by atoms with Crippen LogP contribution in [0.2, 0.25) is 0 Å². The highest BCUT2D eigenvalue weighted by Crippen LogP contribution is 2.45. The highest BCUT2D eigenvalue weighted by atomic mass is 16.7. The minimum atomic E-state index is -2.97. The zero-order valence-electron chi connectivity index (χ0n) is 48.8. The van der Waals surface area contributed by atoms with Gasteiger partial charge in [0.2, 0.25) is 37.5 Å². The van der Waals surface area contributed by atoms with Crippen molar-refractivity contribution in [2.24, 2.45) is 0 Å². The molecular formula is C66H59N3O19. The highest BCUT2D eigenvalue weighted by molar-refractivity contribution is 5.94. The lowest BCUT2D eigenvalue weighted by Gasteiger charge is -2.29. The monoisotopic (exact) mass is 1200 g/mol. The van der Waals surface area contributed by atoms with Crippen LogP contribution >= 0.6 is 0 Å². The molecule has 22 heteroatoms. The Hall–Kier alpha value is -10.5. The van der Waals surface area contributed by atoms with Crippen molar-refractivity contribution < 1.29 is 105 Å². The van der Waals surface area contributed by atoms with E-state index >= 15 is 0 Å². The Morgan fingerprint density at radius 2 is 0.716 bits per heavy atom. The molecule has 0 aliphatic carbocycles. The molecule has 0 radical (unpaired) electrons. The van der Waals surface area contributed by atoms with Gasteiger partial charge in [-0.15, -0.1) is 0 Å². The number of carbonyl (C=O) groups excluding carboxylic acids is 3. The molecule has 6 aliphatic rings. The van der Waals surface area contributed by atoms with Gasteiger partial charge in [-0.2, -0.15) is 13.7 Å². The molecule has 3 aromatic heterocycles. The number of rotatable bonds is 11. The molecule has 88 heavy (non-hydrogen) atoms. The number of carbonyl (C=O) groups is 3. The number of hydrogen-bond donors (Lipinski definition) is 1. The van der Waals surface area contributed by atoms with Crippen molar-refractivity contribution in [3.63, 3.8) is 0 Å². The normalized spacial score (nSPS) is 13.7. The molecule has 452 valence electrons. The lowest BCUT2D eigenvalue weighted by Crippen LogP contribution is -2.54. The quantitative estimate of drug-likeness (QED) is 0.179. The van der Waals surface area contributed by atoms with E-state index in [9.17, 15) is 29.7 Å². The Labute approximate surface area is 503 Å². The molecule has 0 amide bonds. The van der Waals surface area contributed by atoms with Crippen LogP contribution in [0.4, 0.5) is 0 Å². The number of ether oxygens (including phenoxy) is 12. The van der Waals surface area contributed by atoms with E-state index in [1.54, 1.807) is 42.7 Å². The van der Waals surface area contributed by atoms with Crippen molar-refractivity contribution in [1.82, 2.24) is 0 Å². The van der Waals surface area contributed by atoms with Gasteiger partial charge in [-0.1, -0.05) is 0 Å². The second-order valence-corrected chi connectivity index (χ2v) is 21.2. The Balaban J connectivity index is 0.000000117. The summed E-state index contributed by atoms with van der Waals surface area (Å²) in [5, 5.41) is 45.4. The predicted octanol–water partition coefficient (Wildman–Crippen LogP) is 4.04. The summed E-state index contributed by atoms with van der Waals surface area (Å²) in [5.41, 5.74) is 8.05. The molecule has 0 spiro atoms. The number of fused-ring (bicyclic) bond motifs is 15. The van der Waals surface area contributed by atoms with Crippen molar-refractivity contribution in [3.05, 3.63) is 126 Å². The van der Waals surface area contributed by atoms with Crippen molar-refractivity contribution in [2.75, 3.05) is 63.0 Å². The van der Waals surface area contributed by atoms with Crippen LogP contribution in [0.15, 0.2) is 110 Å². The molecule has 6 aliphatic heterocycles. The number of carboxylic acids is 3. The molecule has 0 saturated heterocycles. The van der Waals surface area contributed by atoms with Gasteiger partial charge in [-0.25, -0.2) is 0 Å². The van der Waals surface area contributed by atoms with E-state index < -0.39 is 36.4 Å². The van der Waals surface area contributed by atoms with Gasteiger partial charge in [0.05, 0.1) is 81.5 Å². The summed E-state index contributed by atoms with van der Waals surface area (Å²) in [4.78, 5) is 30.0. The highest BCUT2D eigenvalue weighted by Gasteiger charge is 2.33. The van der Waals surface area contributed by atoms with E-state index in [0.717, 1.165) is 140 Å². The first kappa shape index (κ1) is 57.9. The van der Waals surface area contributed by atoms with Crippen molar-refractivity contribution in [2.45, 2.75) is 57.3 Å². The maximum absolute atomic E-state index is 10.1. The van der Waals surface area contributed by atoms with E-state index in [-0.39, 0.29) is 0 Å². The fourth-order valence-electron chi connectivity index (χ4n) is 12.0. The number of hydrogen-bond acceptors (Lipinski definition) is 19. The molecule has 15 rings (SSSR count). The molecule has 0 fully saturated rings. The van der Waals surface area contributed by atoms with Crippen molar-refractivity contribution >= 4 is 50.2 Å². The Morgan fingerprint density at radius 1 is 0.432 bits per heavy atom. The zero-order chi connectivity index (χ0) is 61.5. The van der Waals surface area contributed by atoms with Gasteiger partial charge in [0.25, 0.3) is 0 Å². The minimum Gasteiger partial charge on any atom is -0.550 e. The maximum atomic E-state index is 10.1. The second-order valence-electron chi connectivity index (χ2n) is 21.2. The van der Waals surface area contributed by atoms with Crippen LogP contribution in [-0.2, 0) is 53.3 Å². The number of carboxylic acid groups (broad SMARTS) is 3. The molecule has 9 aromatic rings. The summed E-state index contributed by atoms with van der Waals surface area (Å²) in [6.45, 7) is 3.64. The lowest BCUT2D eigenvalue weighted by molar-refractivity contribution is -0.686. The van der Waals surface area contributed by atoms with Crippen LogP contribution in [0.3, 0.4) is 0 Å². The van der Waals surface area contributed by atoms with E-state index in [0.29, 0.717) is 20.4 Å². The van der Waals surface area contributed by atoms with Gasteiger partial charge in [0.1, 0.15) is 5.60 Å².